The van der Waals surface area contributed by atoms with E-state index in [0.29, 0.717) is 39.3 Å². The summed E-state index contributed by atoms with van der Waals surface area (Å²) in [5, 5.41) is 3.34. The first kappa shape index (κ1) is 26.2. The maximum atomic E-state index is 12.6. The van der Waals surface area contributed by atoms with E-state index in [9.17, 15) is 9.59 Å². The van der Waals surface area contributed by atoms with Crippen molar-refractivity contribution in [2.24, 2.45) is 4.99 Å². The van der Waals surface area contributed by atoms with Crippen LogP contribution in [0.5, 0.6) is 0 Å². The highest BCUT2D eigenvalue weighted by molar-refractivity contribution is 14.0. The number of piperazine rings is 1. The molecule has 2 fully saturated rings. The molecule has 9 heteroatoms. The number of carbonyl (C=O) groups is 2. The number of likely N-dealkylation sites (tertiary alicyclic amines) is 1. The minimum atomic E-state index is -0.247. The molecule has 2 saturated heterocycles. The molecule has 0 atom stereocenters. The SMILES string of the molecule is CCNC(=NCc1ccc(C(=O)N2CCCCC2)cc1)N1CCN(C(=O)OCC)CC1.I. The van der Waals surface area contributed by atoms with Gasteiger partial charge in [0.1, 0.15) is 0 Å². The average Bonchev–Trinajstić information content (AvgIpc) is 2.82. The number of halogens is 1. The number of amides is 2. The fourth-order valence-electron chi connectivity index (χ4n) is 3.94. The summed E-state index contributed by atoms with van der Waals surface area (Å²) in [6.45, 7) is 9.98. The molecular weight excluding hydrogens is 521 g/mol. The Morgan fingerprint density at radius 3 is 2.12 bits per heavy atom. The Morgan fingerprint density at radius 2 is 1.53 bits per heavy atom. The largest absolute Gasteiger partial charge is 0.450 e. The van der Waals surface area contributed by atoms with Crippen molar-refractivity contribution in [2.75, 3.05) is 52.4 Å². The predicted molar refractivity (Wildman–Crippen MR) is 137 cm³/mol. The minimum Gasteiger partial charge on any atom is -0.450 e. The molecule has 0 spiro atoms. The number of ether oxygens (including phenoxy) is 1. The highest BCUT2D eigenvalue weighted by Crippen LogP contribution is 2.14. The van der Waals surface area contributed by atoms with E-state index < -0.39 is 0 Å². The highest BCUT2D eigenvalue weighted by Gasteiger charge is 2.23. The summed E-state index contributed by atoms with van der Waals surface area (Å²) in [6, 6.07) is 7.80. The van der Waals surface area contributed by atoms with Gasteiger partial charge >= 0.3 is 6.09 Å². The van der Waals surface area contributed by atoms with E-state index in [1.54, 1.807) is 4.90 Å². The van der Waals surface area contributed by atoms with Crippen molar-refractivity contribution < 1.29 is 14.3 Å². The molecule has 2 amide bonds. The summed E-state index contributed by atoms with van der Waals surface area (Å²) in [7, 11) is 0. The van der Waals surface area contributed by atoms with Crippen molar-refractivity contribution >= 4 is 41.9 Å². The second kappa shape index (κ2) is 13.5. The van der Waals surface area contributed by atoms with Gasteiger partial charge in [-0.05, 0) is 50.8 Å². The monoisotopic (exact) mass is 557 g/mol. The van der Waals surface area contributed by atoms with Crippen molar-refractivity contribution in [3.05, 3.63) is 35.4 Å². The predicted octanol–water partition coefficient (Wildman–Crippen LogP) is 3.17. The molecule has 0 aliphatic carbocycles. The molecule has 1 aromatic rings. The van der Waals surface area contributed by atoms with E-state index in [4.69, 9.17) is 9.73 Å². The Kier molecular flexibility index (Phi) is 11.1. The molecule has 3 rings (SSSR count). The first-order valence-electron chi connectivity index (χ1n) is 11.5. The van der Waals surface area contributed by atoms with Crippen LogP contribution in [0.2, 0.25) is 0 Å². The summed E-state index contributed by atoms with van der Waals surface area (Å²) < 4.78 is 5.09. The summed E-state index contributed by atoms with van der Waals surface area (Å²) in [5.74, 6) is 0.974. The number of aliphatic imine (C=N–C) groups is 1. The second-order valence-electron chi connectivity index (χ2n) is 7.89. The zero-order chi connectivity index (χ0) is 22.1. The Labute approximate surface area is 208 Å². The summed E-state index contributed by atoms with van der Waals surface area (Å²) in [5.41, 5.74) is 1.81. The molecule has 0 bridgehead atoms. The zero-order valence-corrected chi connectivity index (χ0v) is 21.5. The van der Waals surface area contributed by atoms with Crippen LogP contribution in [0.4, 0.5) is 4.79 Å². The molecule has 2 heterocycles. The maximum Gasteiger partial charge on any atom is 0.409 e. The molecule has 0 unspecified atom stereocenters. The van der Waals surface area contributed by atoms with Crippen molar-refractivity contribution in [3.63, 3.8) is 0 Å². The first-order valence-corrected chi connectivity index (χ1v) is 11.5. The lowest BCUT2D eigenvalue weighted by atomic mass is 10.1. The van der Waals surface area contributed by atoms with Crippen LogP contribution in [-0.4, -0.2) is 85.1 Å². The number of rotatable bonds is 5. The van der Waals surface area contributed by atoms with E-state index in [0.717, 1.165) is 49.6 Å². The highest BCUT2D eigenvalue weighted by atomic mass is 127. The number of nitrogens with zero attached hydrogens (tertiary/aromatic N) is 4. The van der Waals surface area contributed by atoms with Crippen LogP contribution in [-0.2, 0) is 11.3 Å². The fourth-order valence-corrected chi connectivity index (χ4v) is 3.94. The van der Waals surface area contributed by atoms with Gasteiger partial charge in [-0.15, -0.1) is 24.0 Å². The molecule has 0 aromatic heterocycles. The van der Waals surface area contributed by atoms with Crippen molar-refractivity contribution in [3.8, 4) is 0 Å². The molecule has 0 radical (unpaired) electrons. The topological polar surface area (TPSA) is 77.5 Å². The number of piperidine rings is 1. The third kappa shape index (κ3) is 7.25. The van der Waals surface area contributed by atoms with Gasteiger partial charge in [0.05, 0.1) is 13.2 Å². The molecule has 8 nitrogen and oxygen atoms in total. The van der Waals surface area contributed by atoms with Crippen LogP contribution in [0.15, 0.2) is 29.3 Å². The van der Waals surface area contributed by atoms with Gasteiger partial charge in [-0.1, -0.05) is 12.1 Å². The second-order valence-corrected chi connectivity index (χ2v) is 7.89. The van der Waals surface area contributed by atoms with Crippen molar-refractivity contribution in [2.45, 2.75) is 39.7 Å². The zero-order valence-electron chi connectivity index (χ0n) is 19.2. The van der Waals surface area contributed by atoms with Gasteiger partial charge in [0, 0.05) is 51.4 Å². The number of carbonyl (C=O) groups excluding carboxylic acids is 2. The molecule has 0 saturated carbocycles. The van der Waals surface area contributed by atoms with Gasteiger partial charge in [0.2, 0.25) is 0 Å². The van der Waals surface area contributed by atoms with E-state index in [-0.39, 0.29) is 36.0 Å². The first-order chi connectivity index (χ1) is 15.1. The van der Waals surface area contributed by atoms with Gasteiger partial charge in [-0.2, -0.15) is 0 Å². The smallest absolute Gasteiger partial charge is 0.409 e. The fraction of sp³-hybridized carbons (Fsp3) is 0.609. The van der Waals surface area contributed by atoms with E-state index in [2.05, 4.69) is 10.2 Å². The lowest BCUT2D eigenvalue weighted by Gasteiger charge is -2.35. The van der Waals surface area contributed by atoms with Crippen LogP contribution < -0.4 is 5.32 Å². The van der Waals surface area contributed by atoms with E-state index >= 15 is 0 Å². The number of guanidine groups is 1. The normalized spacial score (nSPS) is 16.9. The summed E-state index contributed by atoms with van der Waals surface area (Å²) in [6.07, 6.45) is 3.16. The van der Waals surface area contributed by atoms with Gasteiger partial charge in [-0.3, -0.25) is 4.79 Å². The lowest BCUT2D eigenvalue weighted by molar-refractivity contribution is 0.0724. The number of nitrogens with one attached hydrogen (secondary N) is 1. The molecule has 1 aromatic carbocycles. The molecule has 1 N–H and O–H groups in total. The molecule has 178 valence electrons. The van der Waals surface area contributed by atoms with Crippen molar-refractivity contribution in [1.82, 2.24) is 20.0 Å². The Balaban J connectivity index is 0.00000363. The number of hydrogen-bond acceptors (Lipinski definition) is 4. The number of benzene rings is 1. The lowest BCUT2D eigenvalue weighted by Crippen LogP contribution is -2.53. The van der Waals surface area contributed by atoms with E-state index in [1.165, 1.54) is 6.42 Å². The standard InChI is InChI=1S/C23H35N5O3.HI/c1-3-24-22(27-14-16-28(17-15-27)23(30)31-4-2)25-18-19-8-10-20(11-9-19)21(29)26-12-6-5-7-13-26;/h8-11H,3-7,12-18H2,1-2H3,(H,24,25);1H. The van der Waals surface area contributed by atoms with Crippen LogP contribution in [0.25, 0.3) is 0 Å². The Hall–Kier alpha value is -2.04. The van der Waals surface area contributed by atoms with Gasteiger partial charge in [0.25, 0.3) is 5.91 Å². The van der Waals surface area contributed by atoms with Crippen molar-refractivity contribution in [1.29, 1.82) is 0 Å². The minimum absolute atomic E-state index is 0. The third-order valence-electron chi connectivity index (χ3n) is 5.70. The molecule has 2 aliphatic rings. The summed E-state index contributed by atoms with van der Waals surface area (Å²) >= 11 is 0. The third-order valence-corrected chi connectivity index (χ3v) is 5.70. The Morgan fingerprint density at radius 1 is 0.906 bits per heavy atom. The molecule has 32 heavy (non-hydrogen) atoms. The van der Waals surface area contributed by atoms with E-state index in [1.807, 2.05) is 43.0 Å². The summed E-state index contributed by atoms with van der Waals surface area (Å²) in [4.78, 5) is 35.2. The molecular formula is C23H36IN5O3. The van der Waals surface area contributed by atoms with Crippen LogP contribution in [0.3, 0.4) is 0 Å². The van der Waals surface area contributed by atoms with Gasteiger partial charge in [0.15, 0.2) is 5.96 Å². The quantitative estimate of drug-likeness (QED) is 0.342. The van der Waals surface area contributed by atoms with Gasteiger partial charge < -0.3 is 24.8 Å². The molecule has 2 aliphatic heterocycles. The van der Waals surface area contributed by atoms with Crippen LogP contribution >= 0.6 is 24.0 Å². The van der Waals surface area contributed by atoms with Crippen LogP contribution in [0, 0.1) is 0 Å². The average molecular weight is 557 g/mol. The van der Waals surface area contributed by atoms with Crippen LogP contribution in [0.1, 0.15) is 49.0 Å². The maximum absolute atomic E-state index is 12.6. The number of hydrogen-bond donors (Lipinski definition) is 1. The Bertz CT molecular complexity index is 757. The van der Waals surface area contributed by atoms with Gasteiger partial charge in [-0.25, -0.2) is 9.79 Å².